The van der Waals surface area contributed by atoms with E-state index in [0.717, 1.165) is 56.8 Å². The number of guanidine groups is 1. The third-order valence-corrected chi connectivity index (χ3v) is 5.43. The molecule has 25 heavy (non-hydrogen) atoms. The van der Waals surface area contributed by atoms with Crippen LogP contribution in [0.15, 0.2) is 21.8 Å². The lowest BCUT2D eigenvalue weighted by Crippen LogP contribution is -2.52. The highest BCUT2D eigenvalue weighted by Gasteiger charge is 2.21. The highest BCUT2D eigenvalue weighted by Crippen LogP contribution is 2.18. The first kappa shape index (κ1) is 18.2. The van der Waals surface area contributed by atoms with Crippen molar-refractivity contribution in [2.45, 2.75) is 25.8 Å². The number of aliphatic imine (C=N–C) groups is 1. The molecule has 3 heterocycles. The highest BCUT2D eigenvalue weighted by atomic mass is 16.5. The summed E-state index contributed by atoms with van der Waals surface area (Å²) in [6.07, 6.45) is 5.55. The predicted octanol–water partition coefficient (Wildman–Crippen LogP) is 1.10. The Morgan fingerprint density at radius 1 is 1.24 bits per heavy atom. The number of hydrogen-bond acceptors (Lipinski definition) is 5. The molecule has 0 saturated carbocycles. The van der Waals surface area contributed by atoms with Gasteiger partial charge in [0.2, 0.25) is 0 Å². The van der Waals surface area contributed by atoms with Gasteiger partial charge in [-0.3, -0.25) is 9.89 Å². The lowest BCUT2D eigenvalue weighted by molar-refractivity contribution is 0.168. The molecule has 0 unspecified atom stereocenters. The largest absolute Gasteiger partial charge is 0.364 e. The molecule has 1 aromatic rings. The molecule has 2 fully saturated rings. The van der Waals surface area contributed by atoms with Crippen LogP contribution in [-0.4, -0.2) is 85.7 Å². The van der Waals surface area contributed by atoms with Crippen molar-refractivity contribution in [3.05, 3.63) is 18.0 Å². The van der Waals surface area contributed by atoms with E-state index in [1.54, 1.807) is 6.26 Å². The van der Waals surface area contributed by atoms with E-state index < -0.39 is 0 Å². The van der Waals surface area contributed by atoms with Gasteiger partial charge in [0.1, 0.15) is 6.26 Å². The smallest absolute Gasteiger partial charge is 0.193 e. The molecule has 2 aliphatic rings. The number of nitrogens with zero attached hydrogens (tertiary/aromatic N) is 5. The van der Waals surface area contributed by atoms with Crippen LogP contribution in [0.25, 0.3) is 0 Å². The topological polar surface area (TPSA) is 60.1 Å². The van der Waals surface area contributed by atoms with Gasteiger partial charge in [-0.05, 0) is 45.3 Å². The van der Waals surface area contributed by atoms with Crippen molar-refractivity contribution in [2.75, 3.05) is 59.9 Å². The van der Waals surface area contributed by atoms with Gasteiger partial charge in [0.05, 0.1) is 5.69 Å². The second-order valence-electron chi connectivity index (χ2n) is 7.26. The van der Waals surface area contributed by atoms with Gasteiger partial charge < -0.3 is 19.6 Å². The quantitative estimate of drug-likeness (QED) is 0.635. The summed E-state index contributed by atoms with van der Waals surface area (Å²) in [6.45, 7) is 8.45. The molecular formula is C18H32N6O. The summed E-state index contributed by atoms with van der Waals surface area (Å²) in [6, 6.07) is 1.94. The fourth-order valence-electron chi connectivity index (χ4n) is 3.74. The summed E-state index contributed by atoms with van der Waals surface area (Å²) in [5.41, 5.74) is 1.01. The molecule has 0 aliphatic carbocycles. The Hall–Kier alpha value is -1.60. The SMILES string of the molecule is CN=C(NCCC1CCN(C)CC1)N1CCN(Cc2ccon2)CC1. The van der Waals surface area contributed by atoms with Crippen LogP contribution in [0, 0.1) is 5.92 Å². The number of likely N-dealkylation sites (tertiary alicyclic amines) is 1. The fourth-order valence-corrected chi connectivity index (χ4v) is 3.74. The normalized spacial score (nSPS) is 21.7. The Morgan fingerprint density at radius 3 is 2.64 bits per heavy atom. The first-order valence-electron chi connectivity index (χ1n) is 9.50. The minimum Gasteiger partial charge on any atom is -0.364 e. The molecule has 2 saturated heterocycles. The number of aromatic nitrogens is 1. The van der Waals surface area contributed by atoms with Gasteiger partial charge in [0.25, 0.3) is 0 Å². The lowest BCUT2D eigenvalue weighted by Gasteiger charge is -2.36. The van der Waals surface area contributed by atoms with E-state index in [9.17, 15) is 0 Å². The van der Waals surface area contributed by atoms with Crippen molar-refractivity contribution in [1.29, 1.82) is 0 Å². The number of hydrogen-bond donors (Lipinski definition) is 1. The molecule has 0 spiro atoms. The van der Waals surface area contributed by atoms with Crippen LogP contribution < -0.4 is 5.32 Å². The van der Waals surface area contributed by atoms with Crippen molar-refractivity contribution in [3.8, 4) is 0 Å². The average Bonchev–Trinajstić information content (AvgIpc) is 3.14. The Labute approximate surface area is 151 Å². The van der Waals surface area contributed by atoms with E-state index in [1.165, 1.54) is 32.4 Å². The maximum atomic E-state index is 4.91. The number of piperidine rings is 1. The number of rotatable bonds is 5. The molecule has 0 amide bonds. The van der Waals surface area contributed by atoms with Crippen LogP contribution in [-0.2, 0) is 6.54 Å². The summed E-state index contributed by atoms with van der Waals surface area (Å²) in [7, 11) is 4.11. The Bertz CT molecular complexity index is 516. The van der Waals surface area contributed by atoms with E-state index in [-0.39, 0.29) is 0 Å². The summed E-state index contributed by atoms with van der Waals surface area (Å²) < 4.78 is 4.91. The predicted molar refractivity (Wildman–Crippen MR) is 99.6 cm³/mol. The van der Waals surface area contributed by atoms with Crippen LogP contribution in [0.3, 0.4) is 0 Å². The second-order valence-corrected chi connectivity index (χ2v) is 7.26. The molecule has 1 N–H and O–H groups in total. The molecular weight excluding hydrogens is 316 g/mol. The fraction of sp³-hybridized carbons (Fsp3) is 0.778. The van der Waals surface area contributed by atoms with Gasteiger partial charge in [0, 0.05) is 52.4 Å². The van der Waals surface area contributed by atoms with Gasteiger partial charge in [-0.25, -0.2) is 0 Å². The maximum absolute atomic E-state index is 4.91. The minimum atomic E-state index is 0.862. The zero-order valence-electron chi connectivity index (χ0n) is 15.7. The molecule has 0 bridgehead atoms. The summed E-state index contributed by atoms with van der Waals surface area (Å²) >= 11 is 0. The van der Waals surface area contributed by atoms with E-state index in [0.29, 0.717) is 0 Å². The molecule has 1 aromatic heterocycles. The van der Waals surface area contributed by atoms with E-state index in [2.05, 4.69) is 37.2 Å². The monoisotopic (exact) mass is 348 g/mol. The first-order chi connectivity index (χ1) is 12.2. The van der Waals surface area contributed by atoms with Crippen LogP contribution in [0.5, 0.6) is 0 Å². The van der Waals surface area contributed by atoms with Gasteiger partial charge in [-0.2, -0.15) is 0 Å². The molecule has 2 aliphatic heterocycles. The zero-order valence-corrected chi connectivity index (χ0v) is 15.7. The molecule has 3 rings (SSSR count). The van der Waals surface area contributed by atoms with E-state index in [4.69, 9.17) is 4.52 Å². The summed E-state index contributed by atoms with van der Waals surface area (Å²) in [4.78, 5) is 11.7. The van der Waals surface area contributed by atoms with Gasteiger partial charge in [-0.15, -0.1) is 0 Å². The summed E-state index contributed by atoms with van der Waals surface area (Å²) in [5.74, 6) is 1.91. The van der Waals surface area contributed by atoms with Crippen molar-refractivity contribution in [2.24, 2.45) is 10.9 Å². The third-order valence-electron chi connectivity index (χ3n) is 5.43. The first-order valence-corrected chi connectivity index (χ1v) is 9.50. The zero-order chi connectivity index (χ0) is 17.5. The van der Waals surface area contributed by atoms with E-state index in [1.807, 2.05) is 13.1 Å². The van der Waals surface area contributed by atoms with Gasteiger partial charge >= 0.3 is 0 Å². The van der Waals surface area contributed by atoms with Gasteiger partial charge in [0.15, 0.2) is 5.96 Å². The Balaban J connectivity index is 1.36. The van der Waals surface area contributed by atoms with Crippen molar-refractivity contribution < 1.29 is 4.52 Å². The number of nitrogens with one attached hydrogen (secondary N) is 1. The summed E-state index contributed by atoms with van der Waals surface area (Å²) in [5, 5.41) is 7.58. The van der Waals surface area contributed by atoms with Crippen LogP contribution in [0.2, 0.25) is 0 Å². The molecule has 140 valence electrons. The van der Waals surface area contributed by atoms with Gasteiger partial charge in [-0.1, -0.05) is 5.16 Å². The molecule has 7 heteroatoms. The second kappa shape index (κ2) is 9.20. The van der Waals surface area contributed by atoms with Crippen molar-refractivity contribution >= 4 is 5.96 Å². The average molecular weight is 348 g/mol. The lowest BCUT2D eigenvalue weighted by atomic mass is 9.94. The molecule has 0 atom stereocenters. The van der Waals surface area contributed by atoms with Crippen molar-refractivity contribution in [1.82, 2.24) is 25.2 Å². The van der Waals surface area contributed by atoms with Crippen LogP contribution in [0.4, 0.5) is 0 Å². The standard InChI is InChI=1S/C18H32N6O/c1-19-18(20-7-3-16-4-8-22(2)9-5-16)24-12-10-23(11-13-24)15-17-6-14-25-21-17/h6,14,16H,3-5,7-13,15H2,1-2H3,(H,19,20). The van der Waals surface area contributed by atoms with Crippen LogP contribution in [0.1, 0.15) is 25.0 Å². The van der Waals surface area contributed by atoms with E-state index >= 15 is 0 Å². The Morgan fingerprint density at radius 2 is 2.00 bits per heavy atom. The number of piperazine rings is 1. The Kier molecular flexibility index (Phi) is 6.69. The molecule has 0 aromatic carbocycles. The highest BCUT2D eigenvalue weighted by molar-refractivity contribution is 5.79. The molecule has 7 nitrogen and oxygen atoms in total. The minimum absolute atomic E-state index is 0.862. The van der Waals surface area contributed by atoms with Crippen molar-refractivity contribution in [3.63, 3.8) is 0 Å². The third kappa shape index (κ3) is 5.44. The maximum Gasteiger partial charge on any atom is 0.193 e. The van der Waals surface area contributed by atoms with Crippen LogP contribution >= 0.6 is 0 Å². The molecule has 0 radical (unpaired) electrons.